The fourth-order valence-corrected chi connectivity index (χ4v) is 6.76. The molecule has 77 heavy (non-hydrogen) atoms. The molecule has 0 unspecified atom stereocenters. The van der Waals surface area contributed by atoms with Gasteiger partial charge < -0.3 is 19.4 Å². The van der Waals surface area contributed by atoms with E-state index in [4.69, 9.17) is 19.4 Å². The Hall–Kier alpha value is -10.4. The first-order chi connectivity index (χ1) is 36.6. The second kappa shape index (κ2) is 27.6. The lowest BCUT2D eigenvalue weighted by Gasteiger charge is -2.41. The molecule has 0 bridgehead atoms. The van der Waals surface area contributed by atoms with Crippen LogP contribution in [0.4, 0.5) is 0 Å². The van der Waals surface area contributed by atoms with Gasteiger partial charge in [-0.25, -0.2) is 29.6 Å². The summed E-state index contributed by atoms with van der Waals surface area (Å²) in [6.07, 6.45) is -10.6. The number of azide groups is 4. The highest BCUT2D eigenvalue weighted by Crippen LogP contribution is 2.22. The van der Waals surface area contributed by atoms with Crippen molar-refractivity contribution in [2.24, 2.45) is 20.5 Å². The van der Waals surface area contributed by atoms with Crippen LogP contribution in [0.1, 0.15) is 103 Å². The SMILES string of the molecule is CN(C(=O)[C@H](CCC(=O)ON1C(=O)CCC1=O)N=[N+]=[N-])N(C(=O)[C@H](CCC(=O)ON1C(=O)CCC1=O)N=[N+]=[N-])N(NC(=O)[C@H](CCC(=O)ON1C(=O)CCC1=O)N=[N+]=[N-])C(=O)[C@H](CCC(=O)ON1C(=O)CCC1=O)N=[N+]=[N-]. The zero-order valence-corrected chi connectivity index (χ0v) is 39.8. The number of carbonyl (C=O) groups is 16. The first-order valence-corrected chi connectivity index (χ1v) is 22.3. The van der Waals surface area contributed by atoms with Gasteiger partial charge in [-0.2, -0.15) is 0 Å². The van der Waals surface area contributed by atoms with Crippen LogP contribution in [0.15, 0.2) is 20.5 Å². The molecule has 4 heterocycles. The van der Waals surface area contributed by atoms with E-state index in [1.807, 2.05) is 0 Å². The topological polar surface area (TPSA) is 540 Å². The highest BCUT2D eigenvalue weighted by atomic mass is 16.7. The van der Waals surface area contributed by atoms with Gasteiger partial charge in [0.1, 0.15) is 24.2 Å². The van der Waals surface area contributed by atoms with E-state index in [-0.39, 0.29) is 86.9 Å². The zero-order valence-electron chi connectivity index (χ0n) is 39.8. The number of amides is 12. The van der Waals surface area contributed by atoms with Crippen LogP contribution in [-0.2, 0) is 96.1 Å². The van der Waals surface area contributed by atoms with E-state index in [0.29, 0.717) is 7.05 Å². The van der Waals surface area contributed by atoms with Crippen molar-refractivity contribution < 1.29 is 96.1 Å². The molecule has 408 valence electrons. The van der Waals surface area contributed by atoms with Crippen molar-refractivity contribution >= 4 is 94.8 Å². The van der Waals surface area contributed by atoms with Crippen molar-refractivity contribution in [3.05, 3.63) is 41.8 Å². The normalized spacial score (nSPS) is 16.4. The van der Waals surface area contributed by atoms with Crippen LogP contribution >= 0.6 is 0 Å². The van der Waals surface area contributed by atoms with Gasteiger partial charge in [0.25, 0.3) is 65.0 Å². The fraction of sp³-hybridized carbons (Fsp3) is 0.568. The predicted octanol–water partition coefficient (Wildman–Crippen LogP) is -0.772. The number of rotatable bonds is 24. The van der Waals surface area contributed by atoms with Crippen molar-refractivity contribution in [1.82, 2.24) is 40.9 Å². The summed E-state index contributed by atoms with van der Waals surface area (Å²) in [6, 6.07) is -9.19. The Labute approximate surface area is 427 Å². The number of nitrogens with zero attached hydrogens (tertiary/aromatic N) is 19. The van der Waals surface area contributed by atoms with Crippen LogP contribution < -0.4 is 5.43 Å². The van der Waals surface area contributed by atoms with E-state index in [2.05, 4.69) is 40.1 Å². The Bertz CT molecular complexity index is 2680. The summed E-state index contributed by atoms with van der Waals surface area (Å²) >= 11 is 0. The molecule has 0 spiro atoms. The summed E-state index contributed by atoms with van der Waals surface area (Å²) in [5.74, 6) is -20.2. The van der Waals surface area contributed by atoms with Crippen molar-refractivity contribution in [3.63, 3.8) is 0 Å². The number of likely N-dealkylation sites (N-methyl/N-ethyl adjacent to an activating group) is 1. The molecule has 4 aliphatic rings. The largest absolute Gasteiger partial charge is 0.333 e. The lowest BCUT2D eigenvalue weighted by molar-refractivity contribution is -0.216. The van der Waals surface area contributed by atoms with Crippen molar-refractivity contribution in [2.45, 2.75) is 127 Å². The van der Waals surface area contributed by atoms with Gasteiger partial charge in [0.15, 0.2) is 0 Å². The van der Waals surface area contributed by atoms with Gasteiger partial charge in [-0.05, 0) is 47.8 Å². The molecule has 0 aromatic carbocycles. The molecule has 12 amide bonds. The van der Waals surface area contributed by atoms with Gasteiger partial charge in [0.05, 0.1) is 0 Å². The third kappa shape index (κ3) is 15.8. The number of carbonyl (C=O) groups excluding carboxylic acids is 16. The van der Waals surface area contributed by atoms with Crippen LogP contribution in [0.5, 0.6) is 0 Å². The van der Waals surface area contributed by atoms with Gasteiger partial charge in [-0.1, -0.05) is 20.5 Å². The second-order valence-electron chi connectivity index (χ2n) is 15.8. The minimum atomic E-state index is -2.39. The molecule has 4 aliphatic heterocycles. The average molecular weight is 1080 g/mol. The molecule has 4 atom stereocenters. The number of hydroxylamine groups is 8. The van der Waals surface area contributed by atoms with E-state index < -0.39 is 170 Å². The zero-order chi connectivity index (χ0) is 57.1. The van der Waals surface area contributed by atoms with Gasteiger partial charge >= 0.3 is 23.9 Å². The average Bonchev–Trinajstić information content (AvgIpc) is 4.10. The molecule has 4 rings (SSSR count). The van der Waals surface area contributed by atoms with Crippen LogP contribution in [0.2, 0.25) is 0 Å². The summed E-state index contributed by atoms with van der Waals surface area (Å²) in [5.41, 5.74) is 39.8. The number of nitrogens with one attached hydrogen (secondary N) is 1. The van der Waals surface area contributed by atoms with E-state index >= 15 is 0 Å². The molecule has 0 aliphatic carbocycles. The third-order valence-electron chi connectivity index (χ3n) is 10.6. The third-order valence-corrected chi connectivity index (χ3v) is 10.6. The maximum atomic E-state index is 14.9. The van der Waals surface area contributed by atoms with Crippen molar-refractivity contribution in [1.29, 1.82) is 0 Å². The van der Waals surface area contributed by atoms with Gasteiger partial charge in [0.2, 0.25) is 5.91 Å². The van der Waals surface area contributed by atoms with E-state index in [9.17, 15) is 98.8 Å². The number of hydrogen-bond acceptors (Lipinski definition) is 24. The number of imide groups is 4. The maximum Gasteiger partial charge on any atom is 0.333 e. The van der Waals surface area contributed by atoms with Crippen LogP contribution in [0.3, 0.4) is 0 Å². The molecule has 0 radical (unpaired) electrons. The van der Waals surface area contributed by atoms with Crippen LogP contribution in [-0.4, -0.2) is 161 Å². The number of hydrogen-bond donors (Lipinski definition) is 1. The van der Waals surface area contributed by atoms with Gasteiger partial charge in [-0.15, -0.1) is 30.5 Å². The molecular weight excluding hydrogens is 1040 g/mol. The Morgan fingerprint density at radius 1 is 0.442 bits per heavy atom. The highest BCUT2D eigenvalue weighted by Gasteiger charge is 2.44. The lowest BCUT2D eigenvalue weighted by atomic mass is 10.1. The summed E-state index contributed by atoms with van der Waals surface area (Å²) < 4.78 is 0. The monoisotopic (exact) mass is 1080 g/mol. The molecule has 40 nitrogen and oxygen atoms in total. The molecule has 40 heteroatoms. The Morgan fingerprint density at radius 2 is 0.688 bits per heavy atom. The molecule has 4 saturated heterocycles. The minimum Gasteiger partial charge on any atom is -0.330 e. The molecule has 0 saturated carbocycles. The van der Waals surface area contributed by atoms with Gasteiger partial charge in [0, 0.05) is 104 Å². The molecule has 0 aromatic rings. The Kier molecular flexibility index (Phi) is 21.2. The molecule has 0 aromatic heterocycles. The summed E-state index contributed by atoms with van der Waals surface area (Å²) in [5, 5.41) is 13.1. The van der Waals surface area contributed by atoms with Crippen molar-refractivity contribution in [3.8, 4) is 0 Å². The molecule has 4 fully saturated rings. The first-order valence-electron chi connectivity index (χ1n) is 22.3. The molecular formula is C37H40N20O20. The second-order valence-corrected chi connectivity index (χ2v) is 15.8. The van der Waals surface area contributed by atoms with Crippen LogP contribution in [0.25, 0.3) is 41.8 Å². The summed E-state index contributed by atoms with van der Waals surface area (Å²) in [4.78, 5) is 235. The predicted molar refractivity (Wildman–Crippen MR) is 232 cm³/mol. The fourth-order valence-electron chi connectivity index (χ4n) is 6.76. The summed E-state index contributed by atoms with van der Waals surface area (Å²) in [7, 11) is 0.588. The molecule has 1 N–H and O–H groups in total. The minimum absolute atomic E-state index is 0.0362. The maximum absolute atomic E-state index is 14.9. The Morgan fingerprint density at radius 3 is 0.974 bits per heavy atom. The number of hydrazine groups is 3. The van der Waals surface area contributed by atoms with E-state index in [1.54, 1.807) is 5.43 Å². The van der Waals surface area contributed by atoms with E-state index in [1.165, 1.54) is 0 Å². The van der Waals surface area contributed by atoms with E-state index in [0.717, 1.165) is 0 Å². The first kappa shape index (κ1) is 59.1. The highest BCUT2D eigenvalue weighted by molar-refractivity contribution is 6.04. The Balaban J connectivity index is 1.81. The summed E-state index contributed by atoms with van der Waals surface area (Å²) in [6.45, 7) is 0. The quantitative estimate of drug-likeness (QED) is 0.0407. The standard InChI is InChI=1S/C37H40N20O20/c1-51(35(71)19(43-48-39)3-15-31(67)75-53-24(60)8-9-25(53)61)57(37(73)21(45-50-41)5-17-33(69)77-55-28(64)12-13-29(55)65)56(36(72)20(44-49-40)4-16-32(68)76-54-26(62)10-11-27(54)63)46-34(70)18(42-47-38)2-14-30(66)74-52-22(58)6-7-23(52)59/h18-21H,2-17H2,1H3,(H,46,70)/t18-,19-,20-,21-/m0/s1. The van der Waals surface area contributed by atoms with Crippen LogP contribution in [0, 0.1) is 0 Å². The van der Waals surface area contributed by atoms with Crippen molar-refractivity contribution in [2.75, 3.05) is 7.05 Å². The lowest BCUT2D eigenvalue weighted by Crippen LogP contribution is -2.68. The van der Waals surface area contributed by atoms with Gasteiger partial charge in [-0.3, -0.25) is 57.5 Å². The smallest absolute Gasteiger partial charge is 0.330 e.